The van der Waals surface area contributed by atoms with Crippen molar-refractivity contribution in [3.8, 4) is 0 Å². The monoisotopic (exact) mass is 294 g/mol. The van der Waals surface area contributed by atoms with E-state index in [4.69, 9.17) is 17.3 Å². The molecule has 0 amide bonds. The van der Waals surface area contributed by atoms with E-state index < -0.39 is 0 Å². The molecule has 0 aliphatic carbocycles. The Balaban J connectivity index is 1.86. The number of nitrogens with zero attached hydrogens (tertiary/aromatic N) is 1. The summed E-state index contributed by atoms with van der Waals surface area (Å²) in [5.41, 5.74) is 6.25. The summed E-state index contributed by atoms with van der Waals surface area (Å²) in [6.45, 7) is 0.668. The molecule has 19 heavy (non-hydrogen) atoms. The second-order valence-electron chi connectivity index (χ2n) is 4.13. The lowest BCUT2D eigenvalue weighted by molar-refractivity contribution is 0.660. The predicted octanol–water partition coefficient (Wildman–Crippen LogP) is 3.27. The van der Waals surface area contributed by atoms with E-state index in [2.05, 4.69) is 0 Å². The molecule has 0 saturated carbocycles. The normalized spacial score (nSPS) is 10.6. The Morgan fingerprint density at radius 3 is 2.79 bits per heavy atom. The Morgan fingerprint density at radius 2 is 2.00 bits per heavy atom. The van der Waals surface area contributed by atoms with Gasteiger partial charge in [0.2, 0.25) is 0 Å². The van der Waals surface area contributed by atoms with Crippen molar-refractivity contribution in [3.63, 3.8) is 0 Å². The van der Waals surface area contributed by atoms with Crippen LogP contribution in [0.1, 0.15) is 6.42 Å². The van der Waals surface area contributed by atoms with Gasteiger partial charge in [-0.3, -0.25) is 4.79 Å². The molecule has 2 aromatic rings. The second kappa shape index (κ2) is 6.68. The van der Waals surface area contributed by atoms with E-state index in [1.165, 1.54) is 6.07 Å². The minimum atomic E-state index is -0.0167. The molecule has 0 atom stereocenters. The predicted molar refractivity (Wildman–Crippen MR) is 81.9 cm³/mol. The van der Waals surface area contributed by atoms with Crippen LogP contribution in [-0.4, -0.2) is 10.3 Å². The number of hydrogen-bond donors (Lipinski definition) is 1. The van der Waals surface area contributed by atoms with Gasteiger partial charge in [0.25, 0.3) is 5.56 Å². The number of anilines is 1. The standard InChI is InChI=1S/C14H15ClN2OS/c15-12-4-1-2-5-13(12)19-9-3-8-17-10-11(16)6-7-14(17)18/h1-2,4-7,10H,3,8-9,16H2. The first-order chi connectivity index (χ1) is 9.16. The van der Waals surface area contributed by atoms with Crippen molar-refractivity contribution in [2.45, 2.75) is 17.9 Å². The fourth-order valence-corrected chi connectivity index (χ4v) is 2.88. The van der Waals surface area contributed by atoms with Gasteiger partial charge in [0.15, 0.2) is 0 Å². The minimum Gasteiger partial charge on any atom is -0.398 e. The van der Waals surface area contributed by atoms with E-state index in [1.54, 1.807) is 28.6 Å². The van der Waals surface area contributed by atoms with Crippen LogP contribution in [0.3, 0.4) is 0 Å². The van der Waals surface area contributed by atoms with E-state index in [-0.39, 0.29) is 5.56 Å². The number of aromatic nitrogens is 1. The molecule has 100 valence electrons. The van der Waals surface area contributed by atoms with Crippen LogP contribution in [0.5, 0.6) is 0 Å². The second-order valence-corrected chi connectivity index (χ2v) is 5.67. The molecular formula is C14H15ClN2OS. The van der Waals surface area contributed by atoms with Crippen molar-refractivity contribution in [3.05, 3.63) is 58.0 Å². The van der Waals surface area contributed by atoms with Crippen molar-refractivity contribution >= 4 is 29.1 Å². The van der Waals surface area contributed by atoms with Gasteiger partial charge < -0.3 is 10.3 Å². The highest BCUT2D eigenvalue weighted by Gasteiger charge is 2.00. The number of aryl methyl sites for hydroxylation is 1. The topological polar surface area (TPSA) is 48.0 Å². The molecule has 2 rings (SSSR count). The number of benzene rings is 1. The number of nitrogen functional groups attached to an aromatic ring is 1. The average molecular weight is 295 g/mol. The zero-order chi connectivity index (χ0) is 13.7. The van der Waals surface area contributed by atoms with Crippen molar-refractivity contribution in [2.75, 3.05) is 11.5 Å². The van der Waals surface area contributed by atoms with Gasteiger partial charge in [-0.15, -0.1) is 11.8 Å². The molecule has 3 nitrogen and oxygen atoms in total. The first kappa shape index (κ1) is 14.0. The first-order valence-electron chi connectivity index (χ1n) is 6.00. The molecule has 1 aromatic heterocycles. The molecule has 0 saturated heterocycles. The summed E-state index contributed by atoms with van der Waals surface area (Å²) in [5.74, 6) is 0.908. The van der Waals surface area contributed by atoms with Gasteiger partial charge >= 0.3 is 0 Å². The number of rotatable bonds is 5. The van der Waals surface area contributed by atoms with Gasteiger partial charge in [0.1, 0.15) is 0 Å². The van der Waals surface area contributed by atoms with Gasteiger partial charge in [0.05, 0.1) is 5.02 Å². The summed E-state index contributed by atoms with van der Waals surface area (Å²) in [6, 6.07) is 10.9. The Morgan fingerprint density at radius 1 is 1.21 bits per heavy atom. The summed E-state index contributed by atoms with van der Waals surface area (Å²) in [4.78, 5) is 12.6. The maximum absolute atomic E-state index is 11.6. The van der Waals surface area contributed by atoms with Gasteiger partial charge in [-0.2, -0.15) is 0 Å². The molecule has 5 heteroatoms. The van der Waals surface area contributed by atoms with E-state index in [0.29, 0.717) is 12.2 Å². The molecule has 0 bridgehead atoms. The van der Waals surface area contributed by atoms with E-state index in [0.717, 1.165) is 22.1 Å². The summed E-state index contributed by atoms with van der Waals surface area (Å²) in [5, 5.41) is 0.772. The number of hydrogen-bond acceptors (Lipinski definition) is 3. The lowest BCUT2D eigenvalue weighted by Gasteiger charge is -2.07. The van der Waals surface area contributed by atoms with Crippen molar-refractivity contribution in [1.82, 2.24) is 4.57 Å². The number of thioether (sulfide) groups is 1. The summed E-state index contributed by atoms with van der Waals surface area (Å²) in [7, 11) is 0. The van der Waals surface area contributed by atoms with Crippen LogP contribution in [0.15, 0.2) is 52.3 Å². The molecule has 0 aliphatic heterocycles. The fraction of sp³-hybridized carbons (Fsp3) is 0.214. The van der Waals surface area contributed by atoms with Crippen LogP contribution in [0.2, 0.25) is 5.02 Å². The quantitative estimate of drug-likeness (QED) is 0.680. The average Bonchev–Trinajstić information content (AvgIpc) is 2.40. The maximum Gasteiger partial charge on any atom is 0.250 e. The molecule has 1 aromatic carbocycles. The zero-order valence-corrected chi connectivity index (χ0v) is 12.0. The van der Waals surface area contributed by atoms with Crippen LogP contribution in [0.25, 0.3) is 0 Å². The molecule has 0 fully saturated rings. The largest absolute Gasteiger partial charge is 0.398 e. The van der Waals surface area contributed by atoms with Gasteiger partial charge in [-0.25, -0.2) is 0 Å². The van der Waals surface area contributed by atoms with Crippen LogP contribution < -0.4 is 11.3 Å². The number of halogens is 1. The molecule has 0 unspecified atom stereocenters. The van der Waals surface area contributed by atoms with Crippen molar-refractivity contribution in [2.24, 2.45) is 0 Å². The third kappa shape index (κ3) is 4.04. The smallest absolute Gasteiger partial charge is 0.250 e. The highest BCUT2D eigenvalue weighted by atomic mass is 35.5. The fourth-order valence-electron chi connectivity index (χ4n) is 1.70. The van der Waals surface area contributed by atoms with Crippen LogP contribution in [0, 0.1) is 0 Å². The van der Waals surface area contributed by atoms with Gasteiger partial charge in [-0.05, 0) is 30.4 Å². The van der Waals surface area contributed by atoms with E-state index >= 15 is 0 Å². The van der Waals surface area contributed by atoms with Crippen LogP contribution in [-0.2, 0) is 6.54 Å². The third-order valence-electron chi connectivity index (χ3n) is 2.64. The van der Waals surface area contributed by atoms with E-state index in [1.807, 2.05) is 24.3 Å². The molecule has 0 aliphatic rings. The van der Waals surface area contributed by atoms with Crippen molar-refractivity contribution < 1.29 is 0 Å². The third-order valence-corrected chi connectivity index (χ3v) is 4.25. The molecule has 0 spiro atoms. The lowest BCUT2D eigenvalue weighted by atomic mass is 10.4. The molecule has 0 radical (unpaired) electrons. The van der Waals surface area contributed by atoms with Crippen LogP contribution in [0.4, 0.5) is 5.69 Å². The summed E-state index contributed by atoms with van der Waals surface area (Å²) < 4.78 is 1.64. The zero-order valence-electron chi connectivity index (χ0n) is 10.4. The van der Waals surface area contributed by atoms with Gasteiger partial charge in [0, 0.05) is 29.4 Å². The first-order valence-corrected chi connectivity index (χ1v) is 7.36. The Kier molecular flexibility index (Phi) is 4.93. The van der Waals surface area contributed by atoms with Crippen molar-refractivity contribution in [1.29, 1.82) is 0 Å². The van der Waals surface area contributed by atoms with E-state index in [9.17, 15) is 4.79 Å². The van der Waals surface area contributed by atoms with Crippen LogP contribution >= 0.6 is 23.4 Å². The van der Waals surface area contributed by atoms with Gasteiger partial charge in [-0.1, -0.05) is 23.7 Å². The molecule has 1 heterocycles. The lowest BCUT2D eigenvalue weighted by Crippen LogP contribution is -2.19. The Hall–Kier alpha value is -1.39. The molecular weight excluding hydrogens is 280 g/mol. The Bertz CT molecular complexity index is 612. The highest BCUT2D eigenvalue weighted by molar-refractivity contribution is 7.99. The number of pyridine rings is 1. The summed E-state index contributed by atoms with van der Waals surface area (Å²) in [6.07, 6.45) is 2.57. The SMILES string of the molecule is Nc1ccc(=O)n(CCCSc2ccccc2Cl)c1. The molecule has 2 N–H and O–H groups in total. The minimum absolute atomic E-state index is 0.0167. The summed E-state index contributed by atoms with van der Waals surface area (Å²) >= 11 is 7.77. The maximum atomic E-state index is 11.6. The highest BCUT2D eigenvalue weighted by Crippen LogP contribution is 2.26. The number of nitrogens with two attached hydrogens (primary N) is 1. The Labute approximate surface area is 121 Å².